The van der Waals surface area contributed by atoms with E-state index in [9.17, 15) is 9.90 Å². The van der Waals surface area contributed by atoms with Gasteiger partial charge in [-0.25, -0.2) is 0 Å². The number of fused-ring (bicyclic) bond motifs is 2. The van der Waals surface area contributed by atoms with Gasteiger partial charge in [0.15, 0.2) is 5.69 Å². The number of azo groups is 1. The van der Waals surface area contributed by atoms with Crippen molar-refractivity contribution in [2.45, 2.75) is 40.7 Å². The Morgan fingerprint density at radius 1 is 1.10 bits per heavy atom. The Morgan fingerprint density at radius 2 is 1.87 bits per heavy atom. The van der Waals surface area contributed by atoms with Crippen LogP contribution in [0.5, 0.6) is 5.88 Å². The monoisotopic (exact) mass is 414 g/mol. The maximum atomic E-state index is 13.0. The van der Waals surface area contributed by atoms with Crippen molar-refractivity contribution >= 4 is 33.4 Å². The van der Waals surface area contributed by atoms with E-state index in [0.717, 1.165) is 39.5 Å². The summed E-state index contributed by atoms with van der Waals surface area (Å²) in [7, 11) is 0. The zero-order valence-corrected chi connectivity index (χ0v) is 18.3. The van der Waals surface area contributed by atoms with Crippen molar-refractivity contribution in [1.82, 2.24) is 9.55 Å². The maximum absolute atomic E-state index is 13.0. The van der Waals surface area contributed by atoms with Crippen LogP contribution in [-0.2, 0) is 6.54 Å². The highest BCUT2D eigenvalue weighted by Gasteiger charge is 2.18. The average Bonchev–Trinajstić information content (AvgIpc) is 3.01. The number of hydrogen-bond donors (Lipinski definition) is 1. The van der Waals surface area contributed by atoms with Crippen molar-refractivity contribution in [3.63, 3.8) is 0 Å². The van der Waals surface area contributed by atoms with Crippen molar-refractivity contribution in [3.8, 4) is 5.88 Å². The van der Waals surface area contributed by atoms with E-state index in [1.165, 1.54) is 0 Å². The Balaban J connectivity index is 1.76. The van der Waals surface area contributed by atoms with Crippen LogP contribution in [0.3, 0.4) is 0 Å². The lowest BCUT2D eigenvalue weighted by Gasteiger charge is -2.08. The number of rotatable bonds is 5. The van der Waals surface area contributed by atoms with E-state index in [2.05, 4.69) is 29.1 Å². The smallest absolute Gasteiger partial charge is 0.296 e. The molecule has 0 aliphatic heterocycles. The highest BCUT2D eigenvalue weighted by Crippen LogP contribution is 2.39. The van der Waals surface area contributed by atoms with Crippen LogP contribution in [0.15, 0.2) is 58.8 Å². The molecule has 0 spiro atoms. The Hall–Kier alpha value is -3.54. The minimum absolute atomic E-state index is 0.0324. The predicted molar refractivity (Wildman–Crippen MR) is 123 cm³/mol. The lowest BCUT2D eigenvalue weighted by molar-refractivity contribution is 0.0996. The van der Waals surface area contributed by atoms with Gasteiger partial charge in [0.05, 0.1) is 16.6 Å². The second kappa shape index (κ2) is 8.30. The highest BCUT2D eigenvalue weighted by molar-refractivity contribution is 6.07. The first-order chi connectivity index (χ1) is 14.8. The lowest BCUT2D eigenvalue weighted by atomic mass is 10.1. The first kappa shape index (κ1) is 20.7. The van der Waals surface area contributed by atoms with Crippen molar-refractivity contribution < 1.29 is 9.90 Å². The number of carbonyl (C=O) groups is 1. The topological polar surface area (TPSA) is 79.8 Å². The molecule has 158 valence electrons. The predicted octanol–water partition coefficient (Wildman–Crippen LogP) is 6.48. The summed E-state index contributed by atoms with van der Waals surface area (Å²) in [6.07, 6.45) is 0.920. The number of nitrogens with zero attached hydrogens (tertiary/aromatic N) is 4. The molecule has 1 amide bonds. The molecule has 2 aromatic carbocycles. The van der Waals surface area contributed by atoms with Gasteiger partial charge >= 0.3 is 0 Å². The van der Waals surface area contributed by atoms with E-state index in [1.807, 2.05) is 60.9 Å². The molecule has 4 aromatic rings. The first-order valence-electron chi connectivity index (χ1n) is 10.5. The number of aromatic hydroxyl groups is 1. The molecule has 4 rings (SSSR count). The van der Waals surface area contributed by atoms with Gasteiger partial charge in [-0.05, 0) is 50.5 Å². The summed E-state index contributed by atoms with van der Waals surface area (Å²) in [5.74, 6) is 0.0726. The molecule has 0 saturated carbocycles. The molecule has 0 unspecified atom stereocenters. The molecular weight excluding hydrogens is 388 g/mol. The molecule has 0 fully saturated rings. The molecule has 6 heteroatoms. The Kier molecular flexibility index (Phi) is 5.55. The van der Waals surface area contributed by atoms with Crippen LogP contribution in [0.25, 0.3) is 21.8 Å². The number of para-hydroxylation sites is 1. The zero-order valence-electron chi connectivity index (χ0n) is 18.3. The number of hydrogen-bond acceptors (Lipinski definition) is 4. The second-order valence-corrected chi connectivity index (χ2v) is 8.36. The maximum Gasteiger partial charge on any atom is 0.296 e. The molecule has 0 aliphatic rings. The largest absolute Gasteiger partial charge is 0.493 e. The standard InChI is InChI=1S/C25H26N4O2/c1-15(2)11-12-29-22-8-6-5-7-18(22)23(25(29)31)27-28-24(30)20-14-17(4)26-21-10-9-16(3)13-19(20)21/h5-10,13-15,31H,11-12H2,1-4H3. The van der Waals surface area contributed by atoms with Gasteiger partial charge in [0.2, 0.25) is 5.88 Å². The zero-order chi connectivity index (χ0) is 22.1. The van der Waals surface area contributed by atoms with Crippen LogP contribution < -0.4 is 0 Å². The molecule has 1 N–H and O–H groups in total. The number of benzene rings is 2. The molecule has 0 aliphatic carbocycles. The quantitative estimate of drug-likeness (QED) is 0.379. The average molecular weight is 415 g/mol. The summed E-state index contributed by atoms with van der Waals surface area (Å²) < 4.78 is 1.84. The Labute approximate surface area is 181 Å². The summed E-state index contributed by atoms with van der Waals surface area (Å²) in [6, 6.07) is 15.2. The van der Waals surface area contributed by atoms with Gasteiger partial charge in [-0.1, -0.05) is 43.7 Å². The van der Waals surface area contributed by atoms with E-state index in [0.29, 0.717) is 23.7 Å². The third-order valence-corrected chi connectivity index (χ3v) is 5.41. The van der Waals surface area contributed by atoms with Gasteiger partial charge in [0.1, 0.15) is 0 Å². The van der Waals surface area contributed by atoms with Crippen molar-refractivity contribution in [2.75, 3.05) is 0 Å². The molecule has 31 heavy (non-hydrogen) atoms. The minimum atomic E-state index is -0.459. The molecule has 0 radical (unpaired) electrons. The summed E-state index contributed by atoms with van der Waals surface area (Å²) in [4.78, 5) is 17.5. The van der Waals surface area contributed by atoms with E-state index in [1.54, 1.807) is 6.07 Å². The van der Waals surface area contributed by atoms with Gasteiger partial charge < -0.3 is 9.67 Å². The number of carbonyl (C=O) groups excluding carboxylic acids is 1. The normalized spacial score (nSPS) is 11.9. The van der Waals surface area contributed by atoms with Crippen molar-refractivity contribution in [2.24, 2.45) is 16.1 Å². The van der Waals surface area contributed by atoms with Gasteiger partial charge in [-0.2, -0.15) is 0 Å². The van der Waals surface area contributed by atoms with E-state index >= 15 is 0 Å². The fraction of sp³-hybridized carbons (Fsp3) is 0.280. The van der Waals surface area contributed by atoms with Gasteiger partial charge in [-0.3, -0.25) is 9.78 Å². The molecule has 0 saturated heterocycles. The molecule has 0 bridgehead atoms. The van der Waals surface area contributed by atoms with Crippen LogP contribution in [0.4, 0.5) is 5.69 Å². The van der Waals surface area contributed by atoms with Gasteiger partial charge in [0.25, 0.3) is 5.91 Å². The molecule has 6 nitrogen and oxygen atoms in total. The van der Waals surface area contributed by atoms with Crippen LogP contribution in [0, 0.1) is 19.8 Å². The van der Waals surface area contributed by atoms with E-state index in [-0.39, 0.29) is 5.88 Å². The number of aryl methyl sites for hydroxylation is 3. The van der Waals surface area contributed by atoms with E-state index in [4.69, 9.17) is 0 Å². The van der Waals surface area contributed by atoms with Crippen molar-refractivity contribution in [1.29, 1.82) is 0 Å². The third kappa shape index (κ3) is 4.06. The number of aromatic nitrogens is 2. The second-order valence-electron chi connectivity index (χ2n) is 8.36. The number of amides is 1. The Bertz CT molecular complexity index is 1320. The van der Waals surface area contributed by atoms with Crippen LogP contribution in [-0.4, -0.2) is 20.6 Å². The van der Waals surface area contributed by atoms with Crippen LogP contribution in [0.2, 0.25) is 0 Å². The molecule has 2 heterocycles. The minimum Gasteiger partial charge on any atom is -0.493 e. The third-order valence-electron chi connectivity index (χ3n) is 5.41. The summed E-state index contributed by atoms with van der Waals surface area (Å²) in [5, 5.41) is 20.6. The summed E-state index contributed by atoms with van der Waals surface area (Å²) in [5.41, 5.74) is 4.18. The highest BCUT2D eigenvalue weighted by atomic mass is 16.3. The van der Waals surface area contributed by atoms with Crippen LogP contribution in [0.1, 0.15) is 41.9 Å². The van der Waals surface area contributed by atoms with E-state index < -0.39 is 5.91 Å². The van der Waals surface area contributed by atoms with Gasteiger partial charge in [0, 0.05) is 23.0 Å². The van der Waals surface area contributed by atoms with Crippen LogP contribution >= 0.6 is 0 Å². The molecule has 2 aromatic heterocycles. The first-order valence-corrected chi connectivity index (χ1v) is 10.5. The molecular formula is C25H26N4O2. The Morgan fingerprint density at radius 3 is 2.65 bits per heavy atom. The fourth-order valence-corrected chi connectivity index (χ4v) is 3.78. The van der Waals surface area contributed by atoms with Crippen molar-refractivity contribution in [3.05, 3.63) is 65.4 Å². The summed E-state index contributed by atoms with van der Waals surface area (Å²) in [6.45, 7) is 8.77. The molecule has 0 atom stereocenters. The fourth-order valence-electron chi connectivity index (χ4n) is 3.78. The SMILES string of the molecule is Cc1ccc2nc(C)cc(C(=O)N=Nc3c(O)n(CCC(C)C)c4ccccc34)c2c1. The van der Waals surface area contributed by atoms with Gasteiger partial charge in [-0.15, -0.1) is 10.2 Å². The number of pyridine rings is 1. The summed E-state index contributed by atoms with van der Waals surface area (Å²) >= 11 is 0. The lowest BCUT2D eigenvalue weighted by Crippen LogP contribution is -2.00.